The number of carbonyl (C=O) groups is 2. The molecular weight excluding hydrogens is 526 g/mol. The molecule has 6 fully saturated rings. The molecule has 2 amide bonds. The van der Waals surface area contributed by atoms with Gasteiger partial charge in [0.1, 0.15) is 6.10 Å². The van der Waals surface area contributed by atoms with Gasteiger partial charge in [-0.3, -0.25) is 9.59 Å². The van der Waals surface area contributed by atoms with E-state index in [4.69, 9.17) is 23.7 Å². The maximum absolute atomic E-state index is 14.2. The van der Waals surface area contributed by atoms with E-state index < -0.39 is 6.10 Å². The van der Waals surface area contributed by atoms with Gasteiger partial charge in [0.05, 0.1) is 48.5 Å². The van der Waals surface area contributed by atoms with Crippen LogP contribution in [-0.2, 0) is 33.3 Å². The number of rotatable bonds is 8. The molecular formula is C31H51N3O7. The fourth-order valence-electron chi connectivity index (χ4n) is 9.84. The van der Waals surface area contributed by atoms with Crippen molar-refractivity contribution in [3.63, 3.8) is 0 Å². The van der Waals surface area contributed by atoms with Crippen LogP contribution < -0.4 is 10.6 Å². The van der Waals surface area contributed by atoms with E-state index in [9.17, 15) is 9.59 Å². The fraction of sp³-hybridized carbons (Fsp3) is 0.935. The highest BCUT2D eigenvalue weighted by molar-refractivity contribution is 5.83. The van der Waals surface area contributed by atoms with Gasteiger partial charge in [0.25, 0.3) is 0 Å². The third-order valence-electron chi connectivity index (χ3n) is 11.7. The summed E-state index contributed by atoms with van der Waals surface area (Å²) in [6, 6.07) is 0.769. The van der Waals surface area contributed by atoms with E-state index in [-0.39, 0.29) is 72.3 Å². The molecule has 6 rings (SSSR count). The largest absolute Gasteiger partial charge is 0.381 e. The van der Waals surface area contributed by atoms with Crippen molar-refractivity contribution in [2.75, 3.05) is 35.0 Å². The number of nitrogens with one attached hydrogen (secondary N) is 2. The third kappa shape index (κ3) is 5.24. The summed E-state index contributed by atoms with van der Waals surface area (Å²) in [5.74, 6) is 1.22. The van der Waals surface area contributed by atoms with Crippen molar-refractivity contribution in [2.45, 2.75) is 126 Å². The molecule has 0 spiro atoms. The minimum Gasteiger partial charge on any atom is -0.381 e. The Morgan fingerprint density at radius 3 is 2.37 bits per heavy atom. The van der Waals surface area contributed by atoms with E-state index in [1.807, 2.05) is 6.92 Å². The molecule has 3 saturated heterocycles. The number of piperidine rings is 2. The van der Waals surface area contributed by atoms with Crippen molar-refractivity contribution in [3.05, 3.63) is 0 Å². The lowest BCUT2D eigenvalue weighted by molar-refractivity contribution is -0.175. The monoisotopic (exact) mass is 577 g/mol. The number of fused-ring (bicyclic) bond motifs is 5. The molecule has 14 atom stereocenters. The summed E-state index contributed by atoms with van der Waals surface area (Å²) >= 11 is 0. The van der Waals surface area contributed by atoms with Crippen molar-refractivity contribution in [3.8, 4) is 0 Å². The molecule has 14 unspecified atom stereocenters. The van der Waals surface area contributed by atoms with Crippen LogP contribution in [0.2, 0.25) is 0 Å². The Balaban J connectivity index is 1.11. The SMILES string of the molecule is COC1CCC(NC(=O)C(C)OC2CCC3C(C2)C2CCNC4C5CCC(OC)C(OC)C5C(=O)N3C24)C(OC)C1. The summed E-state index contributed by atoms with van der Waals surface area (Å²) < 4.78 is 29.4. The third-order valence-corrected chi connectivity index (χ3v) is 11.7. The molecule has 0 aromatic heterocycles. The molecule has 232 valence electrons. The quantitative estimate of drug-likeness (QED) is 0.451. The second kappa shape index (κ2) is 12.4. The Morgan fingerprint density at radius 2 is 1.63 bits per heavy atom. The maximum atomic E-state index is 14.2. The van der Waals surface area contributed by atoms with Crippen molar-refractivity contribution in [1.29, 1.82) is 0 Å². The van der Waals surface area contributed by atoms with Crippen LogP contribution in [0.1, 0.15) is 64.7 Å². The molecule has 6 aliphatic rings. The summed E-state index contributed by atoms with van der Waals surface area (Å²) in [5.41, 5.74) is 0. The minimum absolute atomic E-state index is 0.0242. The van der Waals surface area contributed by atoms with Crippen LogP contribution >= 0.6 is 0 Å². The van der Waals surface area contributed by atoms with E-state index in [1.165, 1.54) is 0 Å². The zero-order chi connectivity index (χ0) is 28.8. The molecule has 3 aliphatic carbocycles. The Morgan fingerprint density at radius 1 is 0.854 bits per heavy atom. The predicted molar refractivity (Wildman–Crippen MR) is 151 cm³/mol. The van der Waals surface area contributed by atoms with Crippen LogP contribution in [0.15, 0.2) is 0 Å². The van der Waals surface area contributed by atoms with Gasteiger partial charge in [0.15, 0.2) is 0 Å². The number of hydrogen-bond donors (Lipinski definition) is 2. The number of amides is 2. The highest BCUT2D eigenvalue weighted by atomic mass is 16.5. The molecule has 3 saturated carbocycles. The normalized spacial score (nSPS) is 46.3. The Labute approximate surface area is 244 Å². The number of ether oxygens (including phenoxy) is 5. The van der Waals surface area contributed by atoms with Crippen LogP contribution in [0, 0.1) is 23.7 Å². The fourth-order valence-corrected chi connectivity index (χ4v) is 9.84. The number of methoxy groups -OCH3 is 4. The number of hydrogen-bond acceptors (Lipinski definition) is 8. The van der Waals surface area contributed by atoms with Gasteiger partial charge >= 0.3 is 0 Å². The molecule has 10 heteroatoms. The molecule has 0 aromatic rings. The van der Waals surface area contributed by atoms with Crippen molar-refractivity contribution < 1.29 is 33.3 Å². The molecule has 10 nitrogen and oxygen atoms in total. The van der Waals surface area contributed by atoms with E-state index >= 15 is 0 Å². The highest BCUT2D eigenvalue weighted by Crippen LogP contribution is 2.54. The van der Waals surface area contributed by atoms with Gasteiger partial charge in [0, 0.05) is 46.9 Å². The van der Waals surface area contributed by atoms with Gasteiger partial charge < -0.3 is 39.2 Å². The minimum atomic E-state index is -0.531. The first-order valence-electron chi connectivity index (χ1n) is 16.0. The smallest absolute Gasteiger partial charge is 0.249 e. The van der Waals surface area contributed by atoms with Crippen LogP contribution in [-0.4, -0.2) is 112 Å². The molecule has 0 bridgehead atoms. The summed E-state index contributed by atoms with van der Waals surface area (Å²) in [6.45, 7) is 2.86. The Hall–Kier alpha value is -1.30. The second-order valence-corrected chi connectivity index (χ2v) is 13.4. The molecule has 41 heavy (non-hydrogen) atoms. The number of carbonyl (C=O) groups excluding carboxylic acids is 2. The van der Waals surface area contributed by atoms with Crippen molar-refractivity contribution in [2.24, 2.45) is 23.7 Å². The summed E-state index contributed by atoms with van der Waals surface area (Å²) in [5, 5.41) is 7.05. The summed E-state index contributed by atoms with van der Waals surface area (Å²) in [6.07, 6.45) is 7.61. The van der Waals surface area contributed by atoms with Gasteiger partial charge in [-0.2, -0.15) is 0 Å². The highest BCUT2D eigenvalue weighted by Gasteiger charge is 2.64. The lowest BCUT2D eigenvalue weighted by Crippen LogP contribution is -2.70. The van der Waals surface area contributed by atoms with E-state index in [0.717, 1.165) is 64.3 Å². The molecule has 0 aromatic carbocycles. The lowest BCUT2D eigenvalue weighted by Gasteiger charge is -2.55. The zero-order valence-corrected chi connectivity index (χ0v) is 25.5. The Kier molecular flexibility index (Phi) is 8.97. The standard InChI is InChI=1S/C31H51N3O7/c1-16(30(35)33-22-9-6-17(37-2)15-25(22)39-4)41-18-7-10-23-21(14-18)19-12-13-32-27-20-8-11-24(38-3)29(40-5)26(20)31(36)34(23)28(19)27/h16-29,32H,6-15H2,1-5H3,(H,33,35). The molecule has 0 radical (unpaired) electrons. The first kappa shape index (κ1) is 29.8. The van der Waals surface area contributed by atoms with Gasteiger partial charge in [0.2, 0.25) is 11.8 Å². The van der Waals surface area contributed by atoms with E-state index in [0.29, 0.717) is 17.9 Å². The maximum Gasteiger partial charge on any atom is 0.249 e. The average Bonchev–Trinajstić information content (AvgIpc) is 3.33. The van der Waals surface area contributed by atoms with Crippen LogP contribution in [0.4, 0.5) is 0 Å². The topological polar surface area (TPSA) is 108 Å². The Bertz CT molecular complexity index is 953. The van der Waals surface area contributed by atoms with E-state index in [1.54, 1.807) is 28.4 Å². The first-order chi connectivity index (χ1) is 19.9. The van der Waals surface area contributed by atoms with Gasteiger partial charge in [-0.15, -0.1) is 0 Å². The predicted octanol–water partition coefficient (Wildman–Crippen LogP) is 1.89. The van der Waals surface area contributed by atoms with Crippen molar-refractivity contribution >= 4 is 11.8 Å². The van der Waals surface area contributed by atoms with Gasteiger partial charge in [-0.25, -0.2) is 0 Å². The lowest BCUT2D eigenvalue weighted by atomic mass is 9.64. The molecule has 3 aliphatic heterocycles. The van der Waals surface area contributed by atoms with Crippen LogP contribution in [0.5, 0.6) is 0 Å². The average molecular weight is 578 g/mol. The second-order valence-electron chi connectivity index (χ2n) is 13.4. The van der Waals surface area contributed by atoms with Crippen LogP contribution in [0.25, 0.3) is 0 Å². The molecule has 3 heterocycles. The van der Waals surface area contributed by atoms with Crippen molar-refractivity contribution in [1.82, 2.24) is 15.5 Å². The molecule has 2 N–H and O–H groups in total. The first-order valence-corrected chi connectivity index (χ1v) is 16.0. The van der Waals surface area contributed by atoms with E-state index in [2.05, 4.69) is 15.5 Å². The van der Waals surface area contributed by atoms with Gasteiger partial charge in [-0.05, 0) is 82.6 Å². The summed E-state index contributed by atoms with van der Waals surface area (Å²) in [4.78, 5) is 29.7. The number of nitrogens with zero attached hydrogens (tertiary/aromatic N) is 1. The zero-order valence-electron chi connectivity index (χ0n) is 25.5. The van der Waals surface area contributed by atoms with Gasteiger partial charge in [-0.1, -0.05) is 0 Å². The van der Waals surface area contributed by atoms with Crippen LogP contribution in [0.3, 0.4) is 0 Å². The summed E-state index contributed by atoms with van der Waals surface area (Å²) in [7, 11) is 6.89.